The van der Waals surface area contributed by atoms with Crippen molar-refractivity contribution in [2.75, 3.05) is 7.11 Å². The van der Waals surface area contributed by atoms with Gasteiger partial charge in [-0.25, -0.2) is 9.97 Å². The van der Waals surface area contributed by atoms with Crippen LogP contribution in [0, 0.1) is 5.92 Å². The number of aromatic nitrogens is 5. The molecule has 1 fully saturated rings. The van der Waals surface area contributed by atoms with Crippen molar-refractivity contribution in [1.29, 1.82) is 0 Å². The summed E-state index contributed by atoms with van der Waals surface area (Å²) < 4.78 is 6.96. The molecule has 1 aliphatic carbocycles. The smallest absolute Gasteiger partial charge is 0.187 e. The molecule has 1 aromatic carbocycles. The average Bonchev–Trinajstić information content (AvgIpc) is 3.24. The standard InChI is InChI=1S/C17H19N5O/c1-23-14-8-6-13(7-9-14)22-17-15(20-21-22)11-18-16(19-17)10-12-4-2-3-5-12/h6-9,11-12H,2-5,10H2,1H3. The maximum atomic E-state index is 5.20. The molecule has 4 rings (SSSR count). The van der Waals surface area contributed by atoms with Crippen LogP contribution in [0.4, 0.5) is 0 Å². The van der Waals surface area contributed by atoms with Crippen LogP contribution in [0.2, 0.25) is 0 Å². The summed E-state index contributed by atoms with van der Waals surface area (Å²) in [6.07, 6.45) is 7.97. The quantitative estimate of drug-likeness (QED) is 0.741. The van der Waals surface area contributed by atoms with E-state index in [1.165, 1.54) is 25.7 Å². The van der Waals surface area contributed by atoms with Gasteiger partial charge in [0.1, 0.15) is 11.6 Å². The fraction of sp³-hybridized carbons (Fsp3) is 0.412. The van der Waals surface area contributed by atoms with Crippen molar-refractivity contribution in [2.45, 2.75) is 32.1 Å². The van der Waals surface area contributed by atoms with Crippen LogP contribution in [0.15, 0.2) is 30.5 Å². The number of fused-ring (bicyclic) bond motifs is 1. The largest absolute Gasteiger partial charge is 0.497 e. The van der Waals surface area contributed by atoms with E-state index < -0.39 is 0 Å². The minimum atomic E-state index is 0.719. The Morgan fingerprint density at radius 2 is 1.96 bits per heavy atom. The summed E-state index contributed by atoms with van der Waals surface area (Å²) in [4.78, 5) is 9.17. The molecule has 118 valence electrons. The summed E-state index contributed by atoms with van der Waals surface area (Å²) in [5.74, 6) is 2.42. The van der Waals surface area contributed by atoms with E-state index in [-0.39, 0.29) is 0 Å². The van der Waals surface area contributed by atoms with Crippen molar-refractivity contribution in [2.24, 2.45) is 5.92 Å². The van der Waals surface area contributed by atoms with E-state index in [9.17, 15) is 0 Å². The van der Waals surface area contributed by atoms with Crippen LogP contribution < -0.4 is 4.74 Å². The molecular formula is C17H19N5O. The maximum Gasteiger partial charge on any atom is 0.187 e. The van der Waals surface area contributed by atoms with Crippen molar-refractivity contribution in [3.63, 3.8) is 0 Å². The lowest BCUT2D eigenvalue weighted by molar-refractivity contribution is 0.414. The minimum Gasteiger partial charge on any atom is -0.497 e. The second-order valence-electron chi connectivity index (χ2n) is 6.05. The molecule has 0 N–H and O–H groups in total. The lowest BCUT2D eigenvalue weighted by Gasteiger charge is -2.07. The Bertz CT molecular complexity index is 805. The summed E-state index contributed by atoms with van der Waals surface area (Å²) in [7, 11) is 1.66. The Labute approximate surface area is 134 Å². The van der Waals surface area contributed by atoms with E-state index >= 15 is 0 Å². The first-order valence-electron chi connectivity index (χ1n) is 8.05. The van der Waals surface area contributed by atoms with Crippen molar-refractivity contribution in [3.05, 3.63) is 36.3 Å². The number of ether oxygens (including phenoxy) is 1. The van der Waals surface area contributed by atoms with E-state index in [1.807, 2.05) is 24.3 Å². The Kier molecular flexibility index (Phi) is 3.65. The van der Waals surface area contributed by atoms with Crippen LogP contribution in [0.5, 0.6) is 5.75 Å². The molecule has 23 heavy (non-hydrogen) atoms. The molecule has 0 amide bonds. The molecule has 0 aliphatic heterocycles. The van der Waals surface area contributed by atoms with E-state index in [0.29, 0.717) is 0 Å². The summed E-state index contributed by atoms with van der Waals surface area (Å²) in [5, 5.41) is 8.38. The van der Waals surface area contributed by atoms with Gasteiger partial charge in [0.2, 0.25) is 0 Å². The molecule has 1 saturated carbocycles. The molecule has 0 atom stereocenters. The molecule has 6 nitrogen and oxygen atoms in total. The summed E-state index contributed by atoms with van der Waals surface area (Å²) in [6, 6.07) is 7.71. The third kappa shape index (κ3) is 2.76. The van der Waals surface area contributed by atoms with E-state index in [2.05, 4.69) is 15.3 Å². The highest BCUT2D eigenvalue weighted by Crippen LogP contribution is 2.27. The fourth-order valence-electron chi connectivity index (χ4n) is 3.23. The highest BCUT2D eigenvalue weighted by atomic mass is 16.5. The van der Waals surface area contributed by atoms with Crippen LogP contribution in [0.25, 0.3) is 16.9 Å². The molecule has 1 aliphatic rings. The highest BCUT2D eigenvalue weighted by molar-refractivity contribution is 5.70. The molecule has 0 saturated heterocycles. The minimum absolute atomic E-state index is 0.719. The Hall–Kier alpha value is -2.50. The zero-order valence-electron chi connectivity index (χ0n) is 13.1. The number of hydrogen-bond acceptors (Lipinski definition) is 5. The average molecular weight is 309 g/mol. The first kappa shape index (κ1) is 14.1. The predicted octanol–water partition coefficient (Wildman–Crippen LogP) is 2.95. The number of methoxy groups -OCH3 is 1. The highest BCUT2D eigenvalue weighted by Gasteiger charge is 2.18. The predicted molar refractivity (Wildman–Crippen MR) is 86.7 cm³/mol. The Morgan fingerprint density at radius 3 is 2.70 bits per heavy atom. The number of hydrogen-bond donors (Lipinski definition) is 0. The lowest BCUT2D eigenvalue weighted by atomic mass is 10.0. The summed E-state index contributed by atoms with van der Waals surface area (Å²) in [5.41, 5.74) is 2.40. The monoisotopic (exact) mass is 309 g/mol. The number of nitrogens with zero attached hydrogens (tertiary/aromatic N) is 5. The van der Waals surface area contributed by atoms with Gasteiger partial charge in [-0.05, 0) is 30.2 Å². The van der Waals surface area contributed by atoms with Gasteiger partial charge < -0.3 is 4.74 Å². The third-order valence-electron chi connectivity index (χ3n) is 4.51. The van der Waals surface area contributed by atoms with Gasteiger partial charge in [-0.1, -0.05) is 30.9 Å². The van der Waals surface area contributed by atoms with Gasteiger partial charge in [-0.3, -0.25) is 0 Å². The number of rotatable bonds is 4. The molecule has 0 radical (unpaired) electrons. The second kappa shape index (κ2) is 5.95. The zero-order valence-corrected chi connectivity index (χ0v) is 13.1. The van der Waals surface area contributed by atoms with Crippen molar-refractivity contribution in [1.82, 2.24) is 25.0 Å². The molecular weight excluding hydrogens is 290 g/mol. The molecule has 0 spiro atoms. The molecule has 0 unspecified atom stereocenters. The summed E-state index contributed by atoms with van der Waals surface area (Å²) in [6.45, 7) is 0. The lowest BCUT2D eigenvalue weighted by Crippen LogP contribution is -2.05. The van der Waals surface area contributed by atoms with Gasteiger partial charge in [0, 0.05) is 6.42 Å². The first-order valence-corrected chi connectivity index (χ1v) is 8.05. The Morgan fingerprint density at radius 1 is 1.17 bits per heavy atom. The van der Waals surface area contributed by atoms with Crippen molar-refractivity contribution < 1.29 is 4.74 Å². The molecule has 2 aromatic heterocycles. The number of benzene rings is 1. The fourth-order valence-corrected chi connectivity index (χ4v) is 3.23. The van der Waals surface area contributed by atoms with Crippen molar-refractivity contribution >= 4 is 11.2 Å². The molecule has 0 bridgehead atoms. The normalized spacial score (nSPS) is 15.3. The molecule has 2 heterocycles. The van der Waals surface area contributed by atoms with Gasteiger partial charge in [0.15, 0.2) is 11.2 Å². The van der Waals surface area contributed by atoms with Crippen LogP contribution in [-0.2, 0) is 6.42 Å². The molecule has 3 aromatic rings. The van der Waals surface area contributed by atoms with Gasteiger partial charge >= 0.3 is 0 Å². The van der Waals surface area contributed by atoms with Crippen LogP contribution in [0.1, 0.15) is 31.5 Å². The van der Waals surface area contributed by atoms with E-state index in [4.69, 9.17) is 9.72 Å². The molecule has 6 heteroatoms. The summed E-state index contributed by atoms with van der Waals surface area (Å²) >= 11 is 0. The SMILES string of the molecule is COc1ccc(-n2nnc3cnc(CC4CCCC4)nc32)cc1. The van der Waals surface area contributed by atoms with Crippen LogP contribution in [0.3, 0.4) is 0 Å². The van der Waals surface area contributed by atoms with Crippen LogP contribution >= 0.6 is 0 Å². The maximum absolute atomic E-state index is 5.20. The van der Waals surface area contributed by atoms with Gasteiger partial charge in [-0.2, -0.15) is 4.68 Å². The zero-order chi connectivity index (χ0) is 15.6. The first-order chi connectivity index (χ1) is 11.3. The van der Waals surface area contributed by atoms with E-state index in [1.54, 1.807) is 18.0 Å². The van der Waals surface area contributed by atoms with Crippen molar-refractivity contribution in [3.8, 4) is 11.4 Å². The Balaban J connectivity index is 1.68. The topological polar surface area (TPSA) is 65.7 Å². The van der Waals surface area contributed by atoms with E-state index in [0.717, 1.165) is 40.8 Å². The van der Waals surface area contributed by atoms with Gasteiger partial charge in [-0.15, -0.1) is 5.10 Å². The third-order valence-corrected chi connectivity index (χ3v) is 4.51. The van der Waals surface area contributed by atoms with Crippen LogP contribution in [-0.4, -0.2) is 32.1 Å². The van der Waals surface area contributed by atoms with Gasteiger partial charge in [0.05, 0.1) is 19.0 Å². The van der Waals surface area contributed by atoms with Gasteiger partial charge in [0.25, 0.3) is 0 Å². The second-order valence-corrected chi connectivity index (χ2v) is 6.05.